The second kappa shape index (κ2) is 11.1. The Morgan fingerprint density at radius 2 is 1.56 bits per heavy atom. The molecule has 0 aromatic carbocycles. The maximum Gasteiger partial charge on any atom is 0.319 e. The summed E-state index contributed by atoms with van der Waals surface area (Å²) in [5, 5.41) is 0. The fourth-order valence-corrected chi connectivity index (χ4v) is 1.76. The van der Waals surface area contributed by atoms with Gasteiger partial charge in [0, 0.05) is 6.42 Å². The fraction of sp³-hybridized carbons (Fsp3) is 0.909. The molecular weight excluding hydrogens is 228 g/mol. The number of hydrogen-bond acceptors (Lipinski definition) is 4. The highest BCUT2D eigenvalue weighted by Gasteiger charge is 2.02. The second-order valence-electron chi connectivity index (χ2n) is 3.88. The van der Waals surface area contributed by atoms with Gasteiger partial charge in [-0.3, -0.25) is 4.79 Å². The molecule has 0 aromatic rings. The SMILES string of the molecule is CCCCCCCCCCC(=O)OS(=O)[O-]. The summed E-state index contributed by atoms with van der Waals surface area (Å²) in [4.78, 5) is 10.8. The third-order valence-electron chi connectivity index (χ3n) is 2.40. The standard InChI is InChI=1S/C11H22O4S/c1-2-3-4-5-6-7-8-9-10-11(12)15-16(13)14/h2-10H2,1H3,(H,13,14)/p-1. The van der Waals surface area contributed by atoms with Gasteiger partial charge in [-0.15, -0.1) is 0 Å². The van der Waals surface area contributed by atoms with Crippen molar-refractivity contribution in [3.05, 3.63) is 0 Å². The minimum absolute atomic E-state index is 0.197. The van der Waals surface area contributed by atoms with Crippen molar-refractivity contribution in [3.8, 4) is 0 Å². The van der Waals surface area contributed by atoms with Crippen molar-refractivity contribution in [2.75, 3.05) is 0 Å². The number of carbonyl (C=O) groups is 1. The Morgan fingerprint density at radius 1 is 1.06 bits per heavy atom. The number of unbranched alkanes of at least 4 members (excludes halogenated alkanes) is 7. The van der Waals surface area contributed by atoms with Crippen LogP contribution in [0.1, 0.15) is 64.7 Å². The fourth-order valence-electron chi connectivity index (χ4n) is 1.52. The molecule has 0 amide bonds. The Labute approximate surface area is 100 Å². The zero-order valence-electron chi connectivity index (χ0n) is 9.91. The lowest BCUT2D eigenvalue weighted by Crippen LogP contribution is -2.06. The second-order valence-corrected chi connectivity index (χ2v) is 4.46. The quantitative estimate of drug-likeness (QED) is 0.441. The molecule has 0 fully saturated rings. The van der Waals surface area contributed by atoms with Gasteiger partial charge in [0.15, 0.2) is 0 Å². The van der Waals surface area contributed by atoms with Gasteiger partial charge in [0.2, 0.25) is 0 Å². The van der Waals surface area contributed by atoms with Gasteiger partial charge in [-0.25, -0.2) is 4.21 Å². The number of rotatable bonds is 10. The van der Waals surface area contributed by atoms with E-state index in [1.54, 1.807) is 0 Å². The molecule has 1 unspecified atom stereocenters. The Hall–Kier alpha value is -0.420. The summed E-state index contributed by atoms with van der Waals surface area (Å²) in [5.74, 6) is -0.653. The van der Waals surface area contributed by atoms with Gasteiger partial charge >= 0.3 is 5.97 Å². The predicted molar refractivity (Wildman–Crippen MR) is 62.2 cm³/mol. The Morgan fingerprint density at radius 3 is 2.06 bits per heavy atom. The van der Waals surface area contributed by atoms with Crippen LogP contribution in [0.5, 0.6) is 0 Å². The zero-order chi connectivity index (χ0) is 12.2. The Kier molecular flexibility index (Phi) is 10.8. The van der Waals surface area contributed by atoms with Crippen LogP contribution in [0.25, 0.3) is 0 Å². The average Bonchev–Trinajstić information content (AvgIpc) is 2.21. The molecule has 0 aliphatic rings. The number of hydrogen-bond donors (Lipinski definition) is 0. The van der Waals surface area contributed by atoms with Gasteiger partial charge in [-0.05, 0) is 6.42 Å². The molecule has 0 spiro atoms. The Bertz CT molecular complexity index is 206. The molecule has 0 N–H and O–H groups in total. The third kappa shape index (κ3) is 11.7. The van der Waals surface area contributed by atoms with Crippen molar-refractivity contribution in [2.45, 2.75) is 64.7 Å². The van der Waals surface area contributed by atoms with E-state index in [2.05, 4.69) is 11.1 Å². The van der Waals surface area contributed by atoms with Crippen LogP contribution in [-0.4, -0.2) is 14.7 Å². The maximum absolute atomic E-state index is 10.8. The van der Waals surface area contributed by atoms with Crippen molar-refractivity contribution in [2.24, 2.45) is 0 Å². The van der Waals surface area contributed by atoms with Gasteiger partial charge in [-0.1, -0.05) is 51.9 Å². The highest BCUT2D eigenvalue weighted by atomic mass is 32.2. The van der Waals surface area contributed by atoms with Gasteiger partial charge < -0.3 is 8.74 Å². The van der Waals surface area contributed by atoms with Gasteiger partial charge in [0.25, 0.3) is 0 Å². The topological polar surface area (TPSA) is 66.4 Å². The first-order valence-electron chi connectivity index (χ1n) is 5.97. The van der Waals surface area contributed by atoms with E-state index in [1.807, 2.05) is 0 Å². The average molecular weight is 249 g/mol. The van der Waals surface area contributed by atoms with E-state index in [4.69, 9.17) is 0 Å². The first kappa shape index (κ1) is 15.6. The third-order valence-corrected chi connectivity index (χ3v) is 2.72. The van der Waals surface area contributed by atoms with Crippen molar-refractivity contribution >= 4 is 17.3 Å². The number of carbonyl (C=O) groups excluding carboxylic acids is 1. The monoisotopic (exact) mass is 249 g/mol. The molecule has 96 valence electrons. The van der Waals surface area contributed by atoms with Crippen LogP contribution in [0.4, 0.5) is 0 Å². The van der Waals surface area contributed by atoms with Crippen LogP contribution in [0.15, 0.2) is 0 Å². The molecule has 0 rings (SSSR count). The Balaban J connectivity index is 3.14. The summed E-state index contributed by atoms with van der Waals surface area (Å²) in [6, 6.07) is 0. The van der Waals surface area contributed by atoms with Crippen LogP contribution in [0.3, 0.4) is 0 Å². The van der Waals surface area contributed by atoms with E-state index in [1.165, 1.54) is 32.1 Å². The molecular formula is C11H21O4S-. The van der Waals surface area contributed by atoms with Crippen molar-refractivity contribution in [3.63, 3.8) is 0 Å². The molecule has 0 heterocycles. The summed E-state index contributed by atoms with van der Waals surface area (Å²) in [5.41, 5.74) is 0. The molecule has 16 heavy (non-hydrogen) atoms. The highest BCUT2D eigenvalue weighted by molar-refractivity contribution is 7.74. The van der Waals surface area contributed by atoms with Crippen LogP contribution >= 0.6 is 0 Å². The molecule has 0 saturated carbocycles. The van der Waals surface area contributed by atoms with Crippen molar-refractivity contribution in [1.29, 1.82) is 0 Å². The van der Waals surface area contributed by atoms with Gasteiger partial charge in [-0.2, -0.15) is 0 Å². The smallest absolute Gasteiger partial charge is 0.319 e. The summed E-state index contributed by atoms with van der Waals surface area (Å²) in [6.45, 7) is 2.19. The molecule has 0 aromatic heterocycles. The first-order valence-corrected chi connectivity index (χ1v) is 6.97. The van der Waals surface area contributed by atoms with Crippen LogP contribution in [-0.2, 0) is 20.3 Å². The molecule has 0 bridgehead atoms. The lowest BCUT2D eigenvalue weighted by Gasteiger charge is -2.05. The molecule has 4 nitrogen and oxygen atoms in total. The first-order chi connectivity index (χ1) is 7.66. The minimum Gasteiger partial charge on any atom is -0.740 e. The predicted octanol–water partition coefficient (Wildman–Crippen LogP) is 2.85. The van der Waals surface area contributed by atoms with E-state index in [9.17, 15) is 13.6 Å². The van der Waals surface area contributed by atoms with E-state index in [0.29, 0.717) is 6.42 Å². The van der Waals surface area contributed by atoms with E-state index < -0.39 is 17.3 Å². The van der Waals surface area contributed by atoms with Gasteiger partial charge in [0.1, 0.15) is 11.4 Å². The largest absolute Gasteiger partial charge is 0.740 e. The molecule has 0 aliphatic heterocycles. The minimum atomic E-state index is -2.71. The van der Waals surface area contributed by atoms with Crippen molar-refractivity contribution in [1.82, 2.24) is 0 Å². The summed E-state index contributed by atoms with van der Waals surface area (Å²) in [6.07, 6.45) is 9.26. The molecule has 0 saturated heterocycles. The van der Waals surface area contributed by atoms with E-state index in [-0.39, 0.29) is 6.42 Å². The molecule has 1 atom stereocenters. The lowest BCUT2D eigenvalue weighted by molar-refractivity contribution is -0.134. The van der Waals surface area contributed by atoms with Gasteiger partial charge in [0.05, 0.1) is 0 Å². The summed E-state index contributed by atoms with van der Waals surface area (Å²) in [7, 11) is 0. The normalized spacial score (nSPS) is 12.4. The lowest BCUT2D eigenvalue weighted by atomic mass is 10.1. The summed E-state index contributed by atoms with van der Waals surface area (Å²) < 4.78 is 24.0. The zero-order valence-corrected chi connectivity index (χ0v) is 10.7. The molecule has 5 heteroatoms. The molecule has 0 radical (unpaired) electrons. The highest BCUT2D eigenvalue weighted by Crippen LogP contribution is 2.09. The van der Waals surface area contributed by atoms with Crippen LogP contribution in [0.2, 0.25) is 0 Å². The summed E-state index contributed by atoms with van der Waals surface area (Å²) >= 11 is -2.71. The molecule has 0 aliphatic carbocycles. The van der Waals surface area contributed by atoms with E-state index >= 15 is 0 Å². The van der Waals surface area contributed by atoms with Crippen LogP contribution in [0, 0.1) is 0 Å². The van der Waals surface area contributed by atoms with E-state index in [0.717, 1.165) is 12.8 Å². The maximum atomic E-state index is 10.8. The van der Waals surface area contributed by atoms with Crippen molar-refractivity contribution < 1.29 is 17.7 Å². The van der Waals surface area contributed by atoms with Crippen LogP contribution < -0.4 is 0 Å².